The Labute approximate surface area is 203 Å². The van der Waals surface area contributed by atoms with Crippen LogP contribution in [-0.4, -0.2) is 50.0 Å². The number of carbonyl (C=O) groups excluding carboxylic acids is 2. The van der Waals surface area contributed by atoms with Crippen molar-refractivity contribution in [2.75, 3.05) is 17.1 Å². The largest absolute Gasteiger partial charge is 0.352 e. The van der Waals surface area contributed by atoms with Crippen LogP contribution >= 0.6 is 15.9 Å². The molecule has 0 aliphatic heterocycles. The monoisotopic (exact) mass is 541 g/mol. The molecule has 2 rings (SSSR count). The van der Waals surface area contributed by atoms with Crippen molar-refractivity contribution < 1.29 is 22.4 Å². The van der Waals surface area contributed by atoms with Crippen molar-refractivity contribution in [1.29, 1.82) is 0 Å². The summed E-state index contributed by atoms with van der Waals surface area (Å²) in [6.07, 6.45) is 1.62. The number of benzene rings is 2. The van der Waals surface area contributed by atoms with Gasteiger partial charge >= 0.3 is 0 Å². The van der Waals surface area contributed by atoms with Crippen LogP contribution < -0.4 is 9.62 Å². The van der Waals surface area contributed by atoms with Crippen LogP contribution in [0.5, 0.6) is 0 Å². The minimum absolute atomic E-state index is 0.0717. The average Bonchev–Trinajstić information content (AvgIpc) is 2.75. The van der Waals surface area contributed by atoms with Gasteiger partial charge in [-0.1, -0.05) is 47.1 Å². The van der Waals surface area contributed by atoms with Gasteiger partial charge in [-0.25, -0.2) is 12.8 Å². The minimum atomic E-state index is -3.98. The van der Waals surface area contributed by atoms with E-state index in [1.165, 1.54) is 23.1 Å². The first-order valence-corrected chi connectivity index (χ1v) is 13.1. The Morgan fingerprint density at radius 2 is 1.79 bits per heavy atom. The number of hydrogen-bond donors (Lipinski definition) is 1. The van der Waals surface area contributed by atoms with Crippen molar-refractivity contribution in [3.8, 4) is 0 Å². The van der Waals surface area contributed by atoms with Gasteiger partial charge in [-0.2, -0.15) is 0 Å². The van der Waals surface area contributed by atoms with Crippen LogP contribution in [0.15, 0.2) is 53.0 Å². The van der Waals surface area contributed by atoms with E-state index in [-0.39, 0.29) is 24.2 Å². The lowest BCUT2D eigenvalue weighted by atomic mass is 10.1. The molecule has 0 radical (unpaired) electrons. The molecule has 1 N–H and O–H groups in total. The summed E-state index contributed by atoms with van der Waals surface area (Å²) in [7, 11) is -3.98. The molecule has 0 saturated carbocycles. The Bertz CT molecular complexity index is 1100. The fourth-order valence-electron chi connectivity index (χ4n) is 3.13. The summed E-state index contributed by atoms with van der Waals surface area (Å²) in [6.45, 7) is 4.80. The lowest BCUT2D eigenvalue weighted by molar-refractivity contribution is -0.139. The van der Waals surface area contributed by atoms with Crippen molar-refractivity contribution in [1.82, 2.24) is 10.2 Å². The zero-order valence-electron chi connectivity index (χ0n) is 19.1. The van der Waals surface area contributed by atoms with E-state index in [1.807, 2.05) is 26.0 Å². The summed E-state index contributed by atoms with van der Waals surface area (Å²) in [5, 5.41) is 2.85. The molecule has 2 aromatic carbocycles. The number of rotatable bonds is 10. The standard InChI is InChI=1S/C23H29BrFN3O4S/c1-5-16(2)26-23(30)17(3)27(14-18-9-8-10-19(24)13-18)22(29)15-28(33(4,31)32)21-12-7-6-11-20(21)25/h6-13,16-17H,5,14-15H2,1-4H3,(H,26,30). The molecular weight excluding hydrogens is 513 g/mol. The smallest absolute Gasteiger partial charge is 0.244 e. The lowest BCUT2D eigenvalue weighted by Crippen LogP contribution is -2.52. The number of anilines is 1. The molecule has 2 amide bonds. The minimum Gasteiger partial charge on any atom is -0.352 e. The van der Waals surface area contributed by atoms with Crippen LogP contribution in [0.25, 0.3) is 0 Å². The van der Waals surface area contributed by atoms with E-state index < -0.39 is 34.3 Å². The third-order valence-corrected chi connectivity index (χ3v) is 6.83. The molecule has 33 heavy (non-hydrogen) atoms. The van der Waals surface area contributed by atoms with Gasteiger partial charge in [0.2, 0.25) is 21.8 Å². The van der Waals surface area contributed by atoms with Gasteiger partial charge in [-0.3, -0.25) is 13.9 Å². The Morgan fingerprint density at radius 1 is 1.12 bits per heavy atom. The second-order valence-electron chi connectivity index (χ2n) is 7.87. The van der Waals surface area contributed by atoms with Crippen LogP contribution in [-0.2, 0) is 26.2 Å². The van der Waals surface area contributed by atoms with Gasteiger partial charge in [0, 0.05) is 17.1 Å². The first-order valence-electron chi connectivity index (χ1n) is 10.5. The summed E-state index contributed by atoms with van der Waals surface area (Å²) in [5.74, 6) is -1.75. The summed E-state index contributed by atoms with van der Waals surface area (Å²) in [5.41, 5.74) is 0.519. The third-order valence-electron chi connectivity index (χ3n) is 5.21. The van der Waals surface area contributed by atoms with E-state index in [0.717, 1.165) is 26.7 Å². The summed E-state index contributed by atoms with van der Waals surface area (Å²) in [6, 6.07) is 11.6. The molecule has 0 spiro atoms. The second-order valence-corrected chi connectivity index (χ2v) is 10.7. The number of amides is 2. The number of nitrogens with zero attached hydrogens (tertiary/aromatic N) is 2. The molecule has 7 nitrogen and oxygen atoms in total. The Balaban J connectivity index is 2.40. The highest BCUT2D eigenvalue weighted by atomic mass is 79.9. The first-order chi connectivity index (χ1) is 15.4. The fraction of sp³-hybridized carbons (Fsp3) is 0.391. The van der Waals surface area contributed by atoms with Gasteiger partial charge < -0.3 is 10.2 Å². The van der Waals surface area contributed by atoms with Gasteiger partial charge in [0.05, 0.1) is 11.9 Å². The molecular formula is C23H29BrFN3O4S. The molecule has 10 heteroatoms. The number of nitrogens with one attached hydrogen (secondary N) is 1. The lowest BCUT2D eigenvalue weighted by Gasteiger charge is -2.32. The topological polar surface area (TPSA) is 86.8 Å². The average molecular weight is 542 g/mol. The number of sulfonamides is 1. The zero-order valence-corrected chi connectivity index (χ0v) is 21.5. The van der Waals surface area contributed by atoms with E-state index >= 15 is 0 Å². The van der Waals surface area contributed by atoms with E-state index in [9.17, 15) is 22.4 Å². The Kier molecular flexibility index (Phi) is 9.42. The summed E-state index contributed by atoms with van der Waals surface area (Å²) in [4.78, 5) is 27.5. The maximum absolute atomic E-state index is 14.4. The fourth-order valence-corrected chi connectivity index (χ4v) is 4.43. The van der Waals surface area contributed by atoms with E-state index in [0.29, 0.717) is 6.42 Å². The Morgan fingerprint density at radius 3 is 2.36 bits per heavy atom. The van der Waals surface area contributed by atoms with Gasteiger partial charge in [0.25, 0.3) is 0 Å². The highest BCUT2D eigenvalue weighted by molar-refractivity contribution is 9.10. The molecule has 0 aliphatic carbocycles. The molecule has 0 heterocycles. The molecule has 2 unspecified atom stereocenters. The van der Waals surface area contributed by atoms with Crippen molar-refractivity contribution in [3.63, 3.8) is 0 Å². The quantitative estimate of drug-likeness (QED) is 0.497. The normalized spacial score (nSPS) is 13.2. The molecule has 0 saturated heterocycles. The van der Waals surface area contributed by atoms with Crippen LogP contribution in [0.3, 0.4) is 0 Å². The van der Waals surface area contributed by atoms with Gasteiger partial charge in [0.1, 0.15) is 18.4 Å². The molecule has 0 fully saturated rings. The third kappa shape index (κ3) is 7.53. The zero-order chi connectivity index (χ0) is 24.8. The SMILES string of the molecule is CCC(C)NC(=O)C(C)N(Cc1cccc(Br)c1)C(=O)CN(c1ccccc1F)S(C)(=O)=O. The molecule has 2 atom stereocenters. The predicted molar refractivity (Wildman–Crippen MR) is 131 cm³/mol. The molecule has 0 bridgehead atoms. The number of para-hydroxylation sites is 1. The summed E-state index contributed by atoms with van der Waals surface area (Å²) >= 11 is 3.39. The number of carbonyl (C=O) groups is 2. The molecule has 2 aromatic rings. The van der Waals surface area contributed by atoms with Crippen molar-refractivity contribution >= 4 is 43.5 Å². The van der Waals surface area contributed by atoms with Gasteiger partial charge in [0.15, 0.2) is 0 Å². The number of halogens is 2. The van der Waals surface area contributed by atoms with Crippen molar-refractivity contribution in [2.45, 2.75) is 45.8 Å². The summed E-state index contributed by atoms with van der Waals surface area (Å²) < 4.78 is 40.8. The number of hydrogen-bond acceptors (Lipinski definition) is 4. The van der Waals surface area contributed by atoms with Crippen LogP contribution in [0.4, 0.5) is 10.1 Å². The van der Waals surface area contributed by atoms with Crippen LogP contribution in [0.2, 0.25) is 0 Å². The Hall–Kier alpha value is -2.46. The van der Waals surface area contributed by atoms with E-state index in [1.54, 1.807) is 19.1 Å². The van der Waals surface area contributed by atoms with Crippen LogP contribution in [0.1, 0.15) is 32.8 Å². The van der Waals surface area contributed by atoms with E-state index in [4.69, 9.17) is 0 Å². The first kappa shape index (κ1) is 26.8. The van der Waals surface area contributed by atoms with Crippen molar-refractivity contribution in [3.05, 3.63) is 64.4 Å². The van der Waals surface area contributed by atoms with Gasteiger partial charge in [-0.15, -0.1) is 0 Å². The second kappa shape index (κ2) is 11.6. The predicted octanol–water partition coefficient (Wildman–Crippen LogP) is 3.69. The molecule has 0 aromatic heterocycles. The van der Waals surface area contributed by atoms with Gasteiger partial charge in [-0.05, 0) is 50.1 Å². The highest BCUT2D eigenvalue weighted by Gasteiger charge is 2.31. The molecule has 0 aliphatic rings. The maximum Gasteiger partial charge on any atom is 0.244 e. The highest BCUT2D eigenvalue weighted by Crippen LogP contribution is 2.22. The maximum atomic E-state index is 14.4. The molecule has 180 valence electrons. The van der Waals surface area contributed by atoms with Crippen LogP contribution in [0, 0.1) is 5.82 Å². The van der Waals surface area contributed by atoms with E-state index in [2.05, 4.69) is 21.2 Å². The van der Waals surface area contributed by atoms with Crippen molar-refractivity contribution in [2.24, 2.45) is 0 Å².